The van der Waals surface area contributed by atoms with Crippen molar-refractivity contribution in [1.29, 1.82) is 0 Å². The SMILES string of the molecule is CC(C)Nc1cccnc1N(C)C1CCN(C(=O)n2ccc3cc(F)ccc32)CC1. The van der Waals surface area contributed by atoms with Gasteiger partial charge in [0.25, 0.3) is 0 Å². The van der Waals surface area contributed by atoms with Crippen LogP contribution in [0.2, 0.25) is 0 Å². The Labute approximate surface area is 176 Å². The molecule has 30 heavy (non-hydrogen) atoms. The average molecular weight is 410 g/mol. The number of aromatic nitrogens is 2. The van der Waals surface area contributed by atoms with Gasteiger partial charge in [0, 0.05) is 50.0 Å². The van der Waals surface area contributed by atoms with Gasteiger partial charge in [-0.3, -0.25) is 4.57 Å². The van der Waals surface area contributed by atoms with Crippen LogP contribution in [0.4, 0.5) is 20.7 Å². The zero-order chi connectivity index (χ0) is 21.3. The number of fused-ring (bicyclic) bond motifs is 1. The summed E-state index contributed by atoms with van der Waals surface area (Å²) in [6, 6.07) is 10.9. The zero-order valence-electron chi connectivity index (χ0n) is 17.7. The van der Waals surface area contributed by atoms with Gasteiger partial charge in [-0.2, -0.15) is 0 Å². The average Bonchev–Trinajstić information content (AvgIpc) is 3.16. The molecule has 158 valence electrons. The lowest BCUT2D eigenvalue weighted by Gasteiger charge is -2.38. The molecule has 1 N–H and O–H groups in total. The number of nitrogens with zero attached hydrogens (tertiary/aromatic N) is 4. The summed E-state index contributed by atoms with van der Waals surface area (Å²) in [5, 5.41) is 4.20. The van der Waals surface area contributed by atoms with Crippen LogP contribution in [0.25, 0.3) is 10.9 Å². The van der Waals surface area contributed by atoms with E-state index < -0.39 is 0 Å². The summed E-state index contributed by atoms with van der Waals surface area (Å²) in [4.78, 5) is 21.7. The number of carbonyl (C=O) groups excluding carboxylic acids is 1. The van der Waals surface area contributed by atoms with Crippen molar-refractivity contribution in [1.82, 2.24) is 14.5 Å². The Morgan fingerprint density at radius 2 is 2.00 bits per heavy atom. The summed E-state index contributed by atoms with van der Waals surface area (Å²) in [5.74, 6) is 0.645. The highest BCUT2D eigenvalue weighted by Crippen LogP contribution is 2.28. The van der Waals surface area contributed by atoms with Gasteiger partial charge in [0.05, 0.1) is 11.2 Å². The summed E-state index contributed by atoms with van der Waals surface area (Å²) in [6.45, 7) is 5.57. The van der Waals surface area contributed by atoms with Crippen LogP contribution in [-0.4, -0.2) is 52.7 Å². The smallest absolute Gasteiger partial charge is 0.328 e. The number of halogens is 1. The molecule has 2 aromatic heterocycles. The van der Waals surface area contributed by atoms with Crippen LogP contribution in [0.15, 0.2) is 48.8 Å². The minimum Gasteiger partial charge on any atom is -0.380 e. The number of piperidine rings is 1. The fourth-order valence-electron chi connectivity index (χ4n) is 4.15. The molecular formula is C23H28FN5O. The van der Waals surface area contributed by atoms with Crippen LogP contribution in [0, 0.1) is 5.82 Å². The van der Waals surface area contributed by atoms with Crippen molar-refractivity contribution in [2.75, 3.05) is 30.4 Å². The van der Waals surface area contributed by atoms with Gasteiger partial charge in [-0.15, -0.1) is 0 Å². The van der Waals surface area contributed by atoms with E-state index in [0.29, 0.717) is 25.2 Å². The van der Waals surface area contributed by atoms with Crippen molar-refractivity contribution in [3.8, 4) is 0 Å². The van der Waals surface area contributed by atoms with E-state index in [1.165, 1.54) is 12.1 Å². The molecule has 1 aromatic carbocycles. The van der Waals surface area contributed by atoms with E-state index in [0.717, 1.165) is 35.2 Å². The van der Waals surface area contributed by atoms with E-state index in [9.17, 15) is 9.18 Å². The molecule has 0 spiro atoms. The Kier molecular flexibility index (Phi) is 5.61. The zero-order valence-corrected chi connectivity index (χ0v) is 17.7. The molecule has 1 fully saturated rings. The molecule has 0 radical (unpaired) electrons. The van der Waals surface area contributed by atoms with Crippen molar-refractivity contribution in [3.63, 3.8) is 0 Å². The minimum atomic E-state index is -0.294. The van der Waals surface area contributed by atoms with Crippen LogP contribution >= 0.6 is 0 Å². The largest absolute Gasteiger partial charge is 0.380 e. The highest BCUT2D eigenvalue weighted by Gasteiger charge is 2.28. The Morgan fingerprint density at radius 3 is 2.73 bits per heavy atom. The van der Waals surface area contributed by atoms with Crippen LogP contribution in [0.5, 0.6) is 0 Å². The van der Waals surface area contributed by atoms with Crippen molar-refractivity contribution in [2.24, 2.45) is 0 Å². The first-order valence-electron chi connectivity index (χ1n) is 10.4. The van der Waals surface area contributed by atoms with E-state index in [1.807, 2.05) is 17.2 Å². The Balaban J connectivity index is 1.44. The third-order valence-corrected chi connectivity index (χ3v) is 5.71. The maximum Gasteiger partial charge on any atom is 0.328 e. The fraction of sp³-hybridized carbons (Fsp3) is 0.391. The van der Waals surface area contributed by atoms with E-state index in [4.69, 9.17) is 0 Å². The van der Waals surface area contributed by atoms with Crippen LogP contribution < -0.4 is 10.2 Å². The van der Waals surface area contributed by atoms with Crippen LogP contribution in [-0.2, 0) is 0 Å². The monoisotopic (exact) mass is 409 g/mol. The number of amides is 1. The van der Waals surface area contributed by atoms with E-state index in [-0.39, 0.29) is 11.8 Å². The molecule has 0 atom stereocenters. The first-order valence-corrected chi connectivity index (χ1v) is 10.4. The second-order valence-corrected chi connectivity index (χ2v) is 8.17. The minimum absolute atomic E-state index is 0.0577. The van der Waals surface area contributed by atoms with Gasteiger partial charge in [0.1, 0.15) is 5.82 Å². The second kappa shape index (κ2) is 8.34. The number of rotatable bonds is 4. The molecule has 6 nitrogen and oxygen atoms in total. The van der Waals surface area contributed by atoms with Crippen LogP contribution in [0.3, 0.4) is 0 Å². The summed E-state index contributed by atoms with van der Waals surface area (Å²) in [6.07, 6.45) is 5.28. The molecule has 0 saturated carbocycles. The maximum atomic E-state index is 13.4. The predicted octanol–water partition coefficient (Wildman–Crippen LogP) is 4.56. The molecule has 0 bridgehead atoms. The quantitative estimate of drug-likeness (QED) is 0.686. The normalized spacial score (nSPS) is 15.0. The van der Waals surface area contributed by atoms with E-state index >= 15 is 0 Å². The molecule has 0 aliphatic carbocycles. The summed E-state index contributed by atoms with van der Waals surface area (Å²) < 4.78 is 15.1. The summed E-state index contributed by atoms with van der Waals surface area (Å²) in [7, 11) is 2.07. The molecule has 7 heteroatoms. The van der Waals surface area contributed by atoms with E-state index in [2.05, 4.69) is 42.2 Å². The Bertz CT molecular complexity index is 1040. The van der Waals surface area contributed by atoms with Gasteiger partial charge >= 0.3 is 6.03 Å². The van der Waals surface area contributed by atoms with E-state index in [1.54, 1.807) is 22.9 Å². The highest BCUT2D eigenvalue weighted by molar-refractivity contribution is 5.91. The number of hydrogen-bond donors (Lipinski definition) is 1. The molecule has 1 saturated heterocycles. The van der Waals surface area contributed by atoms with Gasteiger partial charge in [-0.1, -0.05) is 0 Å². The van der Waals surface area contributed by atoms with Gasteiger partial charge in [-0.05, 0) is 63.1 Å². The highest BCUT2D eigenvalue weighted by atomic mass is 19.1. The molecule has 1 aliphatic heterocycles. The van der Waals surface area contributed by atoms with Crippen LogP contribution in [0.1, 0.15) is 26.7 Å². The van der Waals surface area contributed by atoms with Crippen molar-refractivity contribution >= 4 is 28.4 Å². The number of likely N-dealkylation sites (tertiary alicyclic amines) is 1. The van der Waals surface area contributed by atoms with Gasteiger partial charge in [0.15, 0.2) is 5.82 Å². The number of carbonyl (C=O) groups is 1. The maximum absolute atomic E-state index is 13.4. The molecule has 4 rings (SSSR count). The topological polar surface area (TPSA) is 53.4 Å². The predicted molar refractivity (Wildman–Crippen MR) is 119 cm³/mol. The van der Waals surface area contributed by atoms with Crippen molar-refractivity contribution < 1.29 is 9.18 Å². The molecule has 1 aliphatic rings. The Morgan fingerprint density at radius 1 is 1.23 bits per heavy atom. The third-order valence-electron chi connectivity index (χ3n) is 5.71. The number of anilines is 2. The number of benzene rings is 1. The third kappa shape index (κ3) is 3.97. The van der Waals surface area contributed by atoms with Gasteiger partial charge in [0.2, 0.25) is 0 Å². The van der Waals surface area contributed by atoms with Gasteiger partial charge < -0.3 is 15.1 Å². The Hall–Kier alpha value is -3.09. The summed E-state index contributed by atoms with van der Waals surface area (Å²) >= 11 is 0. The fourth-order valence-corrected chi connectivity index (χ4v) is 4.15. The first kappa shape index (κ1) is 20.2. The first-order chi connectivity index (χ1) is 14.4. The molecular weight excluding hydrogens is 381 g/mol. The molecule has 3 heterocycles. The molecule has 0 unspecified atom stereocenters. The standard InChI is InChI=1S/C23H28FN5O/c1-16(2)26-20-5-4-11-25-22(20)27(3)19-9-12-28(13-10-19)23(30)29-14-8-17-15-18(24)6-7-21(17)29/h4-8,11,14-16,19,26H,9-10,12-13H2,1-3H3. The summed E-state index contributed by atoms with van der Waals surface area (Å²) in [5.41, 5.74) is 1.76. The second-order valence-electron chi connectivity index (χ2n) is 8.17. The molecule has 3 aromatic rings. The number of pyridine rings is 1. The van der Waals surface area contributed by atoms with Gasteiger partial charge in [-0.25, -0.2) is 14.2 Å². The lowest BCUT2D eigenvalue weighted by molar-refractivity contribution is 0.183. The lowest BCUT2D eigenvalue weighted by Crippen LogP contribution is -2.47. The van der Waals surface area contributed by atoms with Crippen molar-refractivity contribution in [3.05, 3.63) is 54.6 Å². The molecule has 1 amide bonds. The van der Waals surface area contributed by atoms with Crippen molar-refractivity contribution in [2.45, 2.75) is 38.8 Å². The number of hydrogen-bond acceptors (Lipinski definition) is 4. The lowest BCUT2D eigenvalue weighted by atomic mass is 10.0. The number of nitrogens with one attached hydrogen (secondary N) is 1.